The lowest BCUT2D eigenvalue weighted by atomic mass is 9.99. The maximum atomic E-state index is 13.3. The molecule has 8 unspecified atom stereocenters. The molecule has 0 aromatic carbocycles. The number of hydrogen-bond donors (Lipinski definition) is 6. The maximum absolute atomic E-state index is 13.3. The Kier molecular flexibility index (Phi) is 43.2. The van der Waals surface area contributed by atoms with E-state index in [-0.39, 0.29) is 19.4 Å². The predicted molar refractivity (Wildman–Crippen MR) is 278 cm³/mol. The summed E-state index contributed by atoms with van der Waals surface area (Å²) in [5.41, 5.74) is 0. The summed E-state index contributed by atoms with van der Waals surface area (Å²) in [7, 11) is 0. The highest BCUT2D eigenvalue weighted by atomic mass is 16.7. The van der Waals surface area contributed by atoms with Gasteiger partial charge in [-0.2, -0.15) is 0 Å². The summed E-state index contributed by atoms with van der Waals surface area (Å²) in [4.78, 5) is 26.4. The molecule has 0 bridgehead atoms. The lowest BCUT2D eigenvalue weighted by Gasteiger charge is -2.41. The lowest BCUT2D eigenvalue weighted by Crippen LogP contribution is -2.61. The molecule has 11 heteroatoms. The monoisotopic (exact) mass is 964 g/mol. The second-order valence-corrected chi connectivity index (χ2v) is 19.7. The second kappa shape index (κ2) is 46.0. The minimum atomic E-state index is -1.62. The number of amides is 1. The molecule has 1 fully saturated rings. The number of unbranched alkanes of at least 4 members (excludes halogenated alkanes) is 30. The molecular weight excluding hydrogens is 859 g/mol. The van der Waals surface area contributed by atoms with Gasteiger partial charge in [0.25, 0.3) is 0 Å². The van der Waals surface area contributed by atoms with E-state index in [0.29, 0.717) is 12.8 Å². The summed E-state index contributed by atoms with van der Waals surface area (Å²) >= 11 is 0. The third kappa shape index (κ3) is 34.2. The molecule has 0 saturated carbocycles. The van der Waals surface area contributed by atoms with Gasteiger partial charge in [-0.3, -0.25) is 9.59 Å². The van der Waals surface area contributed by atoms with Crippen LogP contribution in [0.2, 0.25) is 0 Å². The number of carbonyl (C=O) groups is 2. The molecule has 398 valence electrons. The van der Waals surface area contributed by atoms with Gasteiger partial charge >= 0.3 is 5.97 Å². The number of allylic oxidation sites excluding steroid dienone is 4. The van der Waals surface area contributed by atoms with Crippen LogP contribution in [0.15, 0.2) is 36.5 Å². The largest absolute Gasteiger partial charge is 0.454 e. The summed E-state index contributed by atoms with van der Waals surface area (Å²) in [6.45, 7) is 5.73. The zero-order valence-electron chi connectivity index (χ0n) is 43.7. The Morgan fingerprint density at radius 1 is 0.574 bits per heavy atom. The van der Waals surface area contributed by atoms with Gasteiger partial charge in [0.1, 0.15) is 24.4 Å². The number of hydrogen-bond acceptors (Lipinski definition) is 10. The van der Waals surface area contributed by atoms with Crippen LogP contribution >= 0.6 is 0 Å². The van der Waals surface area contributed by atoms with Gasteiger partial charge in [0.05, 0.1) is 25.4 Å². The number of esters is 1. The standard InChI is InChI=1S/C57H105NO10/c1-4-7-10-13-16-19-22-25-26-27-30-33-36-39-42-45-52(62)68-55-54(64)53(63)51(46-59)67-57(55)66-47-48(49(60)43-40-37-34-31-28-23-20-17-14-11-8-5-2)58-56(65)50(61)44-41-38-35-32-29-24-21-18-15-12-9-6-3/h29,32,38,40-41,43,48-51,53-55,57,59-61,63-64H,4-28,30-31,33-37,39,42,44-47H2,1-3H3,(H,58,65)/b32-29-,41-38+,43-40+. The fraction of sp³-hybridized carbons (Fsp3) is 0.860. The van der Waals surface area contributed by atoms with Gasteiger partial charge < -0.3 is 45.1 Å². The highest BCUT2D eigenvalue weighted by molar-refractivity contribution is 5.81. The van der Waals surface area contributed by atoms with Gasteiger partial charge in [-0.15, -0.1) is 0 Å². The number of nitrogens with one attached hydrogen (secondary N) is 1. The Morgan fingerprint density at radius 2 is 1.01 bits per heavy atom. The van der Waals surface area contributed by atoms with E-state index in [1.54, 1.807) is 12.2 Å². The molecule has 0 radical (unpaired) electrons. The Hall–Kier alpha value is -2.12. The molecule has 1 rings (SSSR count). The molecular formula is C57H105NO10. The molecule has 1 saturated heterocycles. The third-order valence-corrected chi connectivity index (χ3v) is 13.3. The van der Waals surface area contributed by atoms with E-state index < -0.39 is 67.4 Å². The first-order valence-electron chi connectivity index (χ1n) is 28.3. The molecule has 1 aliphatic rings. The molecule has 0 aromatic heterocycles. The van der Waals surface area contributed by atoms with Crippen molar-refractivity contribution in [2.24, 2.45) is 0 Å². The van der Waals surface area contributed by atoms with Gasteiger partial charge in [0, 0.05) is 12.8 Å². The highest BCUT2D eigenvalue weighted by Gasteiger charge is 2.47. The van der Waals surface area contributed by atoms with Crippen molar-refractivity contribution in [1.29, 1.82) is 0 Å². The summed E-state index contributed by atoms with van der Waals surface area (Å²) in [5, 5.41) is 56.6. The van der Waals surface area contributed by atoms with E-state index in [2.05, 4.69) is 38.2 Å². The molecule has 1 aliphatic heterocycles. The first kappa shape index (κ1) is 63.9. The quantitative estimate of drug-likeness (QED) is 0.0196. The van der Waals surface area contributed by atoms with Crippen LogP contribution in [-0.4, -0.2) is 99.6 Å². The van der Waals surface area contributed by atoms with Gasteiger partial charge in [-0.1, -0.05) is 237 Å². The molecule has 0 aromatic rings. The summed E-state index contributed by atoms with van der Waals surface area (Å²) in [5.74, 6) is -1.26. The highest BCUT2D eigenvalue weighted by Crippen LogP contribution is 2.26. The predicted octanol–water partition coefficient (Wildman–Crippen LogP) is 12.3. The molecule has 0 spiro atoms. The first-order valence-corrected chi connectivity index (χ1v) is 28.3. The zero-order chi connectivity index (χ0) is 49.7. The Balaban J connectivity index is 2.77. The van der Waals surface area contributed by atoms with Crippen molar-refractivity contribution in [3.05, 3.63) is 36.5 Å². The molecule has 1 amide bonds. The van der Waals surface area contributed by atoms with Crippen molar-refractivity contribution in [2.45, 2.75) is 301 Å². The average molecular weight is 964 g/mol. The molecule has 0 aliphatic carbocycles. The zero-order valence-corrected chi connectivity index (χ0v) is 43.7. The molecule has 6 N–H and O–H groups in total. The normalized spacial score (nSPS) is 20.1. The topological polar surface area (TPSA) is 175 Å². The van der Waals surface area contributed by atoms with Crippen LogP contribution in [0.1, 0.15) is 252 Å². The van der Waals surface area contributed by atoms with Crippen LogP contribution in [0.5, 0.6) is 0 Å². The van der Waals surface area contributed by atoms with E-state index in [4.69, 9.17) is 14.2 Å². The van der Waals surface area contributed by atoms with Crippen molar-refractivity contribution < 1.29 is 49.3 Å². The number of ether oxygens (including phenoxy) is 3. The van der Waals surface area contributed by atoms with Crippen LogP contribution in [0.4, 0.5) is 0 Å². The van der Waals surface area contributed by atoms with Gasteiger partial charge in [0.15, 0.2) is 12.4 Å². The van der Waals surface area contributed by atoms with Crippen molar-refractivity contribution in [1.82, 2.24) is 5.32 Å². The Bertz CT molecular complexity index is 1240. The van der Waals surface area contributed by atoms with Crippen LogP contribution in [0, 0.1) is 0 Å². The van der Waals surface area contributed by atoms with Crippen molar-refractivity contribution in [3.8, 4) is 0 Å². The van der Waals surface area contributed by atoms with Crippen molar-refractivity contribution >= 4 is 11.9 Å². The molecule has 1 heterocycles. The first-order chi connectivity index (χ1) is 33.2. The van der Waals surface area contributed by atoms with Crippen LogP contribution in [0.3, 0.4) is 0 Å². The summed E-state index contributed by atoms with van der Waals surface area (Å²) < 4.78 is 17.5. The Labute approximate surface area is 415 Å². The smallest absolute Gasteiger partial charge is 0.306 e. The van der Waals surface area contributed by atoms with E-state index in [9.17, 15) is 35.1 Å². The number of carbonyl (C=O) groups excluding carboxylic acids is 2. The molecule has 11 nitrogen and oxygen atoms in total. The van der Waals surface area contributed by atoms with Gasteiger partial charge in [-0.05, 0) is 38.5 Å². The van der Waals surface area contributed by atoms with Crippen molar-refractivity contribution in [2.75, 3.05) is 13.2 Å². The average Bonchev–Trinajstić information content (AvgIpc) is 3.33. The summed E-state index contributed by atoms with van der Waals surface area (Å²) in [6, 6.07) is -1.05. The van der Waals surface area contributed by atoms with E-state index in [0.717, 1.165) is 44.9 Å². The summed E-state index contributed by atoms with van der Waals surface area (Å²) in [6.07, 6.45) is 42.1. The number of aliphatic hydroxyl groups is 5. The van der Waals surface area contributed by atoms with E-state index in [1.807, 2.05) is 12.2 Å². The minimum absolute atomic E-state index is 0.0841. The maximum Gasteiger partial charge on any atom is 0.306 e. The fourth-order valence-corrected chi connectivity index (χ4v) is 8.75. The number of aliphatic hydroxyl groups excluding tert-OH is 5. The van der Waals surface area contributed by atoms with Gasteiger partial charge in [-0.25, -0.2) is 0 Å². The lowest BCUT2D eigenvalue weighted by molar-refractivity contribution is -0.305. The minimum Gasteiger partial charge on any atom is -0.454 e. The van der Waals surface area contributed by atoms with Gasteiger partial charge in [0.2, 0.25) is 5.91 Å². The van der Waals surface area contributed by atoms with Crippen LogP contribution in [-0.2, 0) is 23.8 Å². The van der Waals surface area contributed by atoms with Crippen LogP contribution < -0.4 is 5.32 Å². The Morgan fingerprint density at radius 3 is 1.50 bits per heavy atom. The van der Waals surface area contributed by atoms with E-state index in [1.165, 1.54) is 161 Å². The van der Waals surface area contributed by atoms with E-state index >= 15 is 0 Å². The third-order valence-electron chi connectivity index (χ3n) is 13.3. The molecule has 68 heavy (non-hydrogen) atoms. The molecule has 8 atom stereocenters. The second-order valence-electron chi connectivity index (χ2n) is 19.7. The van der Waals surface area contributed by atoms with Crippen LogP contribution in [0.25, 0.3) is 0 Å². The SMILES string of the molecule is CCCCCCCC/C=C\C/C=C/CC(O)C(=O)NC(COC1OC(CO)C(O)C(O)C1OC(=O)CCCCCCCCCCCCCCCCC)C(O)/C=C/CCCCCCCCCCCC. The van der Waals surface area contributed by atoms with Crippen molar-refractivity contribution in [3.63, 3.8) is 0 Å². The number of rotatable bonds is 47. The fourth-order valence-electron chi connectivity index (χ4n) is 8.75.